The van der Waals surface area contributed by atoms with Crippen LogP contribution in [0.5, 0.6) is 0 Å². The summed E-state index contributed by atoms with van der Waals surface area (Å²) in [6, 6.07) is 4.34. The van der Waals surface area contributed by atoms with Gasteiger partial charge in [-0.3, -0.25) is 0 Å². The Morgan fingerprint density at radius 2 is 1.84 bits per heavy atom. The van der Waals surface area contributed by atoms with E-state index in [1.807, 2.05) is 0 Å². The molecule has 19 heavy (non-hydrogen) atoms. The summed E-state index contributed by atoms with van der Waals surface area (Å²) < 4.78 is 0. The van der Waals surface area contributed by atoms with E-state index in [0.29, 0.717) is 5.41 Å². The van der Waals surface area contributed by atoms with E-state index >= 15 is 0 Å². The molecule has 0 aliphatic carbocycles. The van der Waals surface area contributed by atoms with Crippen LogP contribution in [-0.2, 0) is 6.42 Å². The van der Waals surface area contributed by atoms with Gasteiger partial charge >= 0.3 is 0 Å². The Labute approximate surface area is 123 Å². The Bertz CT molecular complexity index is 410. The van der Waals surface area contributed by atoms with Crippen LogP contribution >= 0.6 is 11.6 Å². The monoisotopic (exact) mass is 281 g/mol. The van der Waals surface area contributed by atoms with Gasteiger partial charge in [-0.25, -0.2) is 0 Å². The fraction of sp³-hybridized carbons (Fsp3) is 0.647. The van der Waals surface area contributed by atoms with Gasteiger partial charge < -0.3 is 5.32 Å². The molecule has 0 fully saturated rings. The van der Waals surface area contributed by atoms with Gasteiger partial charge in [-0.1, -0.05) is 38.4 Å². The molecule has 0 aromatic heterocycles. The van der Waals surface area contributed by atoms with Gasteiger partial charge in [0, 0.05) is 11.6 Å². The van der Waals surface area contributed by atoms with E-state index in [2.05, 4.69) is 52.1 Å². The average Bonchev–Trinajstić information content (AvgIpc) is 2.32. The van der Waals surface area contributed by atoms with Crippen LogP contribution in [0.15, 0.2) is 12.1 Å². The molecule has 1 nitrogen and oxygen atoms in total. The van der Waals surface area contributed by atoms with Crippen molar-refractivity contribution in [1.29, 1.82) is 0 Å². The highest BCUT2D eigenvalue weighted by Gasteiger charge is 2.17. The SMILES string of the molecule is CCCNCC(C)(C)CCc1cc(C)c(Cl)cc1C. The van der Waals surface area contributed by atoms with Crippen molar-refractivity contribution in [3.05, 3.63) is 33.8 Å². The maximum atomic E-state index is 6.15. The van der Waals surface area contributed by atoms with Crippen LogP contribution in [0.3, 0.4) is 0 Å². The van der Waals surface area contributed by atoms with E-state index in [0.717, 1.165) is 24.5 Å². The van der Waals surface area contributed by atoms with Crippen molar-refractivity contribution in [3.63, 3.8) is 0 Å². The summed E-state index contributed by atoms with van der Waals surface area (Å²) in [5.74, 6) is 0. The van der Waals surface area contributed by atoms with E-state index in [9.17, 15) is 0 Å². The second kappa shape index (κ2) is 7.31. The number of nitrogens with one attached hydrogen (secondary N) is 1. The predicted molar refractivity (Wildman–Crippen MR) is 86.2 cm³/mol. The Morgan fingerprint density at radius 1 is 1.16 bits per heavy atom. The first kappa shape index (κ1) is 16.5. The summed E-state index contributed by atoms with van der Waals surface area (Å²) in [7, 11) is 0. The average molecular weight is 282 g/mol. The van der Waals surface area contributed by atoms with Crippen molar-refractivity contribution in [1.82, 2.24) is 5.32 Å². The van der Waals surface area contributed by atoms with Gasteiger partial charge in [-0.05, 0) is 67.8 Å². The third-order valence-corrected chi connectivity index (χ3v) is 4.13. The standard InChI is InChI=1S/C17H28ClN/c1-6-9-19-12-17(4,5)8-7-15-10-14(3)16(18)11-13(15)2/h10-11,19H,6-9,12H2,1-5H3. The van der Waals surface area contributed by atoms with Crippen LogP contribution < -0.4 is 5.32 Å². The maximum absolute atomic E-state index is 6.15. The molecule has 0 heterocycles. The molecule has 0 bridgehead atoms. The summed E-state index contributed by atoms with van der Waals surface area (Å²) in [5.41, 5.74) is 4.28. The summed E-state index contributed by atoms with van der Waals surface area (Å²) >= 11 is 6.15. The third-order valence-electron chi connectivity index (χ3n) is 3.72. The molecule has 1 aromatic rings. The highest BCUT2D eigenvalue weighted by atomic mass is 35.5. The zero-order valence-corrected chi connectivity index (χ0v) is 13.8. The molecule has 0 radical (unpaired) electrons. The van der Waals surface area contributed by atoms with Crippen molar-refractivity contribution in [2.45, 2.75) is 53.9 Å². The molecule has 0 aliphatic rings. The van der Waals surface area contributed by atoms with E-state index in [4.69, 9.17) is 11.6 Å². The van der Waals surface area contributed by atoms with Crippen LogP contribution in [0.4, 0.5) is 0 Å². The lowest BCUT2D eigenvalue weighted by molar-refractivity contribution is 0.315. The quantitative estimate of drug-likeness (QED) is 0.700. The minimum Gasteiger partial charge on any atom is -0.316 e. The normalized spacial score (nSPS) is 11.9. The van der Waals surface area contributed by atoms with Crippen molar-refractivity contribution in [2.75, 3.05) is 13.1 Å². The largest absolute Gasteiger partial charge is 0.316 e. The van der Waals surface area contributed by atoms with Crippen molar-refractivity contribution in [2.24, 2.45) is 5.41 Å². The third kappa shape index (κ3) is 5.54. The van der Waals surface area contributed by atoms with Gasteiger partial charge in [-0.2, -0.15) is 0 Å². The molecule has 2 heteroatoms. The molecular weight excluding hydrogens is 254 g/mol. The van der Waals surface area contributed by atoms with Gasteiger partial charge in [0.15, 0.2) is 0 Å². The van der Waals surface area contributed by atoms with Gasteiger partial charge in [0.05, 0.1) is 0 Å². The number of rotatable bonds is 7. The molecule has 0 saturated heterocycles. The Hall–Kier alpha value is -0.530. The smallest absolute Gasteiger partial charge is 0.0438 e. The number of hydrogen-bond donors (Lipinski definition) is 1. The predicted octanol–water partition coefficient (Wildman–Crippen LogP) is 4.92. The highest BCUT2D eigenvalue weighted by Crippen LogP contribution is 2.26. The first-order valence-electron chi connectivity index (χ1n) is 7.32. The second-order valence-corrected chi connectivity index (χ2v) is 6.78. The molecule has 0 unspecified atom stereocenters. The molecule has 0 amide bonds. The summed E-state index contributed by atoms with van der Waals surface area (Å²) in [4.78, 5) is 0. The molecule has 1 N–H and O–H groups in total. The van der Waals surface area contributed by atoms with E-state index < -0.39 is 0 Å². The number of aryl methyl sites for hydroxylation is 3. The zero-order valence-electron chi connectivity index (χ0n) is 13.1. The molecule has 108 valence electrons. The van der Waals surface area contributed by atoms with Gasteiger partial charge in [0.1, 0.15) is 0 Å². The molecule has 0 spiro atoms. The van der Waals surface area contributed by atoms with Gasteiger partial charge in [-0.15, -0.1) is 0 Å². The zero-order chi connectivity index (χ0) is 14.5. The Morgan fingerprint density at radius 3 is 2.47 bits per heavy atom. The lowest BCUT2D eigenvalue weighted by atomic mass is 9.85. The summed E-state index contributed by atoms with van der Waals surface area (Å²) in [6.07, 6.45) is 3.53. The first-order chi connectivity index (χ1) is 8.85. The summed E-state index contributed by atoms with van der Waals surface area (Å²) in [6.45, 7) is 13.3. The molecule has 0 aliphatic heterocycles. The number of benzene rings is 1. The second-order valence-electron chi connectivity index (χ2n) is 6.37. The molecule has 1 rings (SSSR count). The fourth-order valence-corrected chi connectivity index (χ4v) is 2.49. The van der Waals surface area contributed by atoms with Crippen molar-refractivity contribution >= 4 is 11.6 Å². The highest BCUT2D eigenvalue weighted by molar-refractivity contribution is 6.31. The van der Waals surface area contributed by atoms with Crippen LogP contribution in [0, 0.1) is 19.3 Å². The molecule has 1 aromatic carbocycles. The number of hydrogen-bond acceptors (Lipinski definition) is 1. The molecule has 0 saturated carbocycles. The maximum Gasteiger partial charge on any atom is 0.0438 e. The first-order valence-corrected chi connectivity index (χ1v) is 7.70. The van der Waals surface area contributed by atoms with Crippen LogP contribution in [0.25, 0.3) is 0 Å². The van der Waals surface area contributed by atoms with E-state index in [-0.39, 0.29) is 0 Å². The van der Waals surface area contributed by atoms with E-state index in [1.165, 1.54) is 29.5 Å². The number of halogens is 1. The van der Waals surface area contributed by atoms with Crippen molar-refractivity contribution in [3.8, 4) is 0 Å². The molecule has 0 atom stereocenters. The van der Waals surface area contributed by atoms with E-state index in [1.54, 1.807) is 0 Å². The molecular formula is C17H28ClN. The van der Waals surface area contributed by atoms with Gasteiger partial charge in [0.25, 0.3) is 0 Å². The van der Waals surface area contributed by atoms with Crippen LogP contribution in [0.1, 0.15) is 50.3 Å². The lowest BCUT2D eigenvalue weighted by Crippen LogP contribution is -2.30. The van der Waals surface area contributed by atoms with Crippen LogP contribution in [0.2, 0.25) is 5.02 Å². The fourth-order valence-electron chi connectivity index (χ4n) is 2.28. The summed E-state index contributed by atoms with van der Waals surface area (Å²) in [5, 5.41) is 4.41. The Kier molecular flexibility index (Phi) is 6.35. The van der Waals surface area contributed by atoms with Gasteiger partial charge in [0.2, 0.25) is 0 Å². The van der Waals surface area contributed by atoms with Crippen molar-refractivity contribution < 1.29 is 0 Å². The topological polar surface area (TPSA) is 12.0 Å². The Balaban J connectivity index is 2.58. The minimum absolute atomic E-state index is 0.342. The van der Waals surface area contributed by atoms with Crippen LogP contribution in [-0.4, -0.2) is 13.1 Å². The minimum atomic E-state index is 0.342. The lowest BCUT2D eigenvalue weighted by Gasteiger charge is -2.25.